The highest BCUT2D eigenvalue weighted by Crippen LogP contribution is 2.38. The first-order valence-corrected chi connectivity index (χ1v) is 8.40. The van der Waals surface area contributed by atoms with E-state index in [0.717, 1.165) is 24.6 Å². The summed E-state index contributed by atoms with van der Waals surface area (Å²) >= 11 is 0. The van der Waals surface area contributed by atoms with Crippen LogP contribution in [-0.2, 0) is 6.54 Å². The zero-order valence-electron chi connectivity index (χ0n) is 16.9. The number of ether oxygens (including phenoxy) is 3. The number of nitrogens with zero attached hydrogens (tertiary/aromatic N) is 2. The van der Waals surface area contributed by atoms with Gasteiger partial charge in [-0.25, -0.2) is 0 Å². The number of rotatable bonds is 9. The number of nitrogens with one attached hydrogen (secondary N) is 2. The van der Waals surface area contributed by atoms with E-state index in [2.05, 4.69) is 41.4 Å². The Hall–Kier alpha value is -1.42. The first kappa shape index (κ1) is 24.6. The molecular weight excluding hydrogens is 447 g/mol. The fraction of sp³-hybridized carbons (Fsp3) is 0.611. The summed E-state index contributed by atoms with van der Waals surface area (Å²) in [6, 6.07) is 4.37. The minimum absolute atomic E-state index is 0. The topological polar surface area (TPSA) is 67.4 Å². The Morgan fingerprint density at radius 2 is 1.65 bits per heavy atom. The molecule has 0 saturated heterocycles. The van der Waals surface area contributed by atoms with E-state index in [0.29, 0.717) is 29.8 Å². The largest absolute Gasteiger partial charge is 0.493 e. The van der Waals surface area contributed by atoms with Gasteiger partial charge in [-0.15, -0.1) is 24.0 Å². The Balaban J connectivity index is 0.00000625. The highest BCUT2D eigenvalue weighted by molar-refractivity contribution is 14.0. The number of hydrogen-bond donors (Lipinski definition) is 2. The predicted octanol–water partition coefficient (Wildman–Crippen LogP) is 2.34. The van der Waals surface area contributed by atoms with E-state index in [1.807, 2.05) is 12.1 Å². The van der Waals surface area contributed by atoms with Crippen LogP contribution in [0.5, 0.6) is 17.2 Å². The summed E-state index contributed by atoms with van der Waals surface area (Å²) in [5.41, 5.74) is 1.01. The van der Waals surface area contributed by atoms with Crippen LogP contribution in [0.3, 0.4) is 0 Å². The van der Waals surface area contributed by atoms with Gasteiger partial charge in [-0.3, -0.25) is 4.99 Å². The molecule has 1 aromatic rings. The van der Waals surface area contributed by atoms with Gasteiger partial charge in [0.05, 0.1) is 21.3 Å². The Bertz CT molecular complexity index is 542. The first-order chi connectivity index (χ1) is 12.0. The Labute approximate surface area is 174 Å². The molecule has 2 N–H and O–H groups in total. The van der Waals surface area contributed by atoms with Gasteiger partial charge in [0.15, 0.2) is 17.5 Å². The number of aliphatic imine (C=N–C) groups is 1. The fourth-order valence-corrected chi connectivity index (χ4v) is 2.25. The number of hydrogen-bond acceptors (Lipinski definition) is 5. The van der Waals surface area contributed by atoms with Gasteiger partial charge >= 0.3 is 0 Å². The average Bonchev–Trinajstić information content (AvgIpc) is 2.62. The number of methoxy groups -OCH3 is 3. The summed E-state index contributed by atoms with van der Waals surface area (Å²) in [6.45, 7) is 6.72. The van der Waals surface area contributed by atoms with E-state index >= 15 is 0 Å². The van der Waals surface area contributed by atoms with E-state index in [-0.39, 0.29) is 24.0 Å². The van der Waals surface area contributed by atoms with Gasteiger partial charge in [-0.2, -0.15) is 0 Å². The second-order valence-corrected chi connectivity index (χ2v) is 5.96. The van der Waals surface area contributed by atoms with Crippen LogP contribution in [0, 0.1) is 0 Å². The molecule has 0 amide bonds. The van der Waals surface area contributed by atoms with Crippen LogP contribution in [-0.4, -0.2) is 65.4 Å². The van der Waals surface area contributed by atoms with Crippen LogP contribution in [0.15, 0.2) is 17.1 Å². The Kier molecular flexibility index (Phi) is 12.2. The van der Waals surface area contributed by atoms with Crippen LogP contribution in [0.4, 0.5) is 0 Å². The zero-order valence-corrected chi connectivity index (χ0v) is 19.2. The molecule has 0 spiro atoms. The lowest BCUT2D eigenvalue weighted by molar-refractivity contribution is 0.278. The van der Waals surface area contributed by atoms with Gasteiger partial charge < -0.3 is 29.7 Å². The lowest BCUT2D eigenvalue weighted by Gasteiger charge is -2.21. The van der Waals surface area contributed by atoms with Crippen molar-refractivity contribution in [1.82, 2.24) is 15.5 Å². The van der Waals surface area contributed by atoms with E-state index in [1.165, 1.54) is 0 Å². The summed E-state index contributed by atoms with van der Waals surface area (Å²) in [6.07, 6.45) is 0. The van der Waals surface area contributed by atoms with Crippen molar-refractivity contribution in [3.8, 4) is 17.2 Å². The summed E-state index contributed by atoms with van der Waals surface area (Å²) in [5.74, 6) is 2.62. The second-order valence-electron chi connectivity index (χ2n) is 5.96. The SMILES string of the molecule is CN=C(NCCN(C)C(C)C)NCc1cc(OC)c(OC)c(OC)c1.I. The normalized spacial score (nSPS) is 11.2. The molecule has 0 bridgehead atoms. The molecule has 1 aromatic carbocycles. The molecule has 0 aliphatic carbocycles. The van der Waals surface area contributed by atoms with E-state index in [1.54, 1.807) is 28.4 Å². The molecule has 0 aliphatic rings. The van der Waals surface area contributed by atoms with Crippen molar-refractivity contribution >= 4 is 29.9 Å². The minimum atomic E-state index is 0. The first-order valence-electron chi connectivity index (χ1n) is 8.40. The van der Waals surface area contributed by atoms with Crippen LogP contribution in [0.25, 0.3) is 0 Å². The molecule has 8 heteroatoms. The number of halogens is 1. The molecule has 7 nitrogen and oxygen atoms in total. The molecule has 150 valence electrons. The van der Waals surface area contributed by atoms with Crippen molar-refractivity contribution < 1.29 is 14.2 Å². The maximum Gasteiger partial charge on any atom is 0.203 e. The van der Waals surface area contributed by atoms with Crippen molar-refractivity contribution in [2.45, 2.75) is 26.4 Å². The van der Waals surface area contributed by atoms with E-state index < -0.39 is 0 Å². The highest BCUT2D eigenvalue weighted by atomic mass is 127. The molecule has 0 heterocycles. The average molecular weight is 480 g/mol. The Morgan fingerprint density at radius 3 is 2.08 bits per heavy atom. The number of guanidine groups is 1. The van der Waals surface area contributed by atoms with Crippen molar-refractivity contribution in [1.29, 1.82) is 0 Å². The van der Waals surface area contributed by atoms with Gasteiger partial charge in [0.2, 0.25) is 5.75 Å². The van der Waals surface area contributed by atoms with Crippen LogP contribution in [0.1, 0.15) is 19.4 Å². The molecule has 0 aromatic heterocycles. The van der Waals surface area contributed by atoms with Crippen molar-refractivity contribution in [2.24, 2.45) is 4.99 Å². The summed E-state index contributed by atoms with van der Waals surface area (Å²) in [5, 5.41) is 6.61. The minimum Gasteiger partial charge on any atom is -0.493 e. The van der Waals surface area contributed by atoms with E-state index in [4.69, 9.17) is 14.2 Å². The second kappa shape index (κ2) is 12.9. The van der Waals surface area contributed by atoms with Crippen LogP contribution in [0.2, 0.25) is 0 Å². The molecule has 26 heavy (non-hydrogen) atoms. The predicted molar refractivity (Wildman–Crippen MR) is 117 cm³/mol. The Morgan fingerprint density at radius 1 is 1.08 bits per heavy atom. The monoisotopic (exact) mass is 480 g/mol. The summed E-state index contributed by atoms with van der Waals surface area (Å²) in [7, 11) is 8.69. The van der Waals surface area contributed by atoms with Crippen molar-refractivity contribution in [2.75, 3.05) is 48.5 Å². The van der Waals surface area contributed by atoms with Crippen LogP contribution < -0.4 is 24.8 Å². The maximum atomic E-state index is 5.38. The molecule has 0 radical (unpaired) electrons. The summed E-state index contributed by atoms with van der Waals surface area (Å²) in [4.78, 5) is 6.53. The highest BCUT2D eigenvalue weighted by Gasteiger charge is 2.13. The van der Waals surface area contributed by atoms with Crippen LogP contribution >= 0.6 is 24.0 Å². The van der Waals surface area contributed by atoms with Gasteiger partial charge in [-0.05, 0) is 38.6 Å². The molecule has 0 fully saturated rings. The molecule has 0 saturated carbocycles. The fourth-order valence-electron chi connectivity index (χ4n) is 2.25. The van der Waals surface area contributed by atoms with Gasteiger partial charge in [-0.1, -0.05) is 0 Å². The number of benzene rings is 1. The van der Waals surface area contributed by atoms with Crippen molar-refractivity contribution in [3.05, 3.63) is 17.7 Å². The molecule has 1 rings (SSSR count). The third-order valence-corrected chi connectivity index (χ3v) is 4.05. The molecule has 0 atom stereocenters. The maximum absolute atomic E-state index is 5.38. The van der Waals surface area contributed by atoms with Gasteiger partial charge in [0.1, 0.15) is 0 Å². The van der Waals surface area contributed by atoms with Gasteiger partial charge in [0, 0.05) is 32.7 Å². The quantitative estimate of drug-likeness (QED) is 0.322. The van der Waals surface area contributed by atoms with Crippen molar-refractivity contribution in [3.63, 3.8) is 0 Å². The van der Waals surface area contributed by atoms with E-state index in [9.17, 15) is 0 Å². The third-order valence-electron chi connectivity index (χ3n) is 4.05. The molecular formula is C18H33IN4O3. The third kappa shape index (κ3) is 7.45. The molecule has 0 aliphatic heterocycles. The zero-order chi connectivity index (χ0) is 18.8. The lowest BCUT2D eigenvalue weighted by Crippen LogP contribution is -2.41. The molecule has 0 unspecified atom stereocenters. The van der Waals surface area contributed by atoms with Gasteiger partial charge in [0.25, 0.3) is 0 Å². The standard InChI is InChI=1S/C18H32N4O3.HI/c1-13(2)22(4)9-8-20-18(19-3)21-12-14-10-15(23-5)17(25-7)16(11-14)24-6;/h10-11,13H,8-9,12H2,1-7H3,(H2,19,20,21);1H. The smallest absolute Gasteiger partial charge is 0.203 e. The number of likely N-dealkylation sites (N-methyl/N-ethyl adjacent to an activating group) is 1. The lowest BCUT2D eigenvalue weighted by atomic mass is 10.2. The summed E-state index contributed by atoms with van der Waals surface area (Å²) < 4.78 is 16.1.